The Balaban J connectivity index is 0.000000264. The molecule has 104 valence electrons. The van der Waals surface area contributed by atoms with E-state index >= 15 is 0 Å². The van der Waals surface area contributed by atoms with Gasteiger partial charge in [-0.05, 0) is 12.1 Å². The highest BCUT2D eigenvalue weighted by Crippen LogP contribution is 1.99. The molecule has 1 N–H and O–H groups in total. The highest BCUT2D eigenvalue weighted by molar-refractivity contribution is 5.77. The largest absolute Gasteiger partial charge is 0.300 e. The summed E-state index contributed by atoms with van der Waals surface area (Å²) in [5.41, 5.74) is 0. The molecule has 0 bridgehead atoms. The maximum atomic E-state index is 11.9. The maximum absolute atomic E-state index is 11.9. The van der Waals surface area contributed by atoms with Crippen LogP contribution in [0.2, 0.25) is 0 Å². The Morgan fingerprint density at radius 1 is 1.21 bits per heavy atom. The van der Waals surface area contributed by atoms with Crippen LogP contribution in [-0.2, 0) is 4.79 Å². The number of aromatic amines is 1. The summed E-state index contributed by atoms with van der Waals surface area (Å²) in [6.45, 7) is 3.76. The van der Waals surface area contributed by atoms with E-state index in [4.69, 9.17) is 0 Å². The number of carbonyl (C=O) groups is 1. The van der Waals surface area contributed by atoms with E-state index in [1.54, 1.807) is 0 Å². The molecule has 1 aromatic carbocycles. The van der Waals surface area contributed by atoms with Crippen LogP contribution >= 0.6 is 0 Å². The molecule has 0 fully saturated rings. The number of hydrogen-bond acceptors (Lipinski definition) is 3. The third-order valence-corrected chi connectivity index (χ3v) is 1.91. The van der Waals surface area contributed by atoms with Gasteiger partial charge in [-0.25, -0.2) is 13.8 Å². The number of hydrogen-bond donors (Lipinski definition) is 1. The average Bonchev–Trinajstić information content (AvgIpc) is 2.97. The smallest absolute Gasteiger partial charge is 0.137 e. The molecule has 0 radical (unpaired) electrons. The zero-order valence-electron chi connectivity index (χ0n) is 10.9. The van der Waals surface area contributed by atoms with Crippen LogP contribution < -0.4 is 0 Å². The van der Waals surface area contributed by atoms with E-state index < -0.39 is 11.6 Å². The molecule has 2 aromatic rings. The minimum Gasteiger partial charge on any atom is -0.300 e. The van der Waals surface area contributed by atoms with Crippen molar-refractivity contribution in [1.29, 1.82) is 0 Å². The van der Waals surface area contributed by atoms with Gasteiger partial charge in [0.15, 0.2) is 0 Å². The molecule has 0 aliphatic carbocycles. The molecule has 0 aliphatic heterocycles. The van der Waals surface area contributed by atoms with Gasteiger partial charge in [0, 0.05) is 18.9 Å². The van der Waals surface area contributed by atoms with Crippen LogP contribution in [0.4, 0.5) is 8.78 Å². The first-order valence-electron chi connectivity index (χ1n) is 5.81. The third-order valence-electron chi connectivity index (χ3n) is 1.91. The van der Waals surface area contributed by atoms with Crippen molar-refractivity contribution in [3.63, 3.8) is 0 Å². The number of nitrogens with zero attached hydrogens (tertiary/aromatic N) is 2. The number of nitrogens with one attached hydrogen (secondary N) is 1. The van der Waals surface area contributed by atoms with Crippen LogP contribution in [0.5, 0.6) is 0 Å². The lowest BCUT2D eigenvalue weighted by molar-refractivity contribution is -0.118. The Morgan fingerprint density at radius 2 is 1.79 bits per heavy atom. The second kappa shape index (κ2) is 11.0. The maximum Gasteiger partial charge on any atom is 0.137 e. The Bertz CT molecular complexity index is 406. The fourth-order valence-electron chi connectivity index (χ4n) is 0.877. The lowest BCUT2D eigenvalue weighted by atomic mass is 10.3. The fourth-order valence-corrected chi connectivity index (χ4v) is 0.877. The van der Waals surface area contributed by atoms with Crippen molar-refractivity contribution in [3.05, 3.63) is 48.6 Å². The van der Waals surface area contributed by atoms with Crippen LogP contribution in [0.3, 0.4) is 0 Å². The first-order valence-corrected chi connectivity index (χ1v) is 5.81. The first-order chi connectivity index (χ1) is 9.10. The Hall–Kier alpha value is -2.11. The molecule has 0 aliphatic rings. The van der Waals surface area contributed by atoms with Crippen molar-refractivity contribution in [2.45, 2.75) is 26.7 Å². The van der Waals surface area contributed by atoms with Gasteiger partial charge in [-0.3, -0.25) is 9.89 Å². The van der Waals surface area contributed by atoms with E-state index in [0.717, 1.165) is 6.07 Å². The molecule has 6 heteroatoms. The number of Topliss-reactive ketones (excluding diaryl/α,β-unsaturated/α-hetero) is 1. The quantitative estimate of drug-likeness (QED) is 0.911. The lowest BCUT2D eigenvalue weighted by Crippen LogP contribution is -1.88. The minimum absolute atomic E-state index is 0.343. The number of ketones is 1. The number of halogens is 2. The predicted octanol–water partition coefficient (Wildman–Crippen LogP) is 3.15. The van der Waals surface area contributed by atoms with Crippen molar-refractivity contribution in [2.75, 3.05) is 0 Å². The van der Waals surface area contributed by atoms with E-state index in [1.807, 2.05) is 13.8 Å². The monoisotopic (exact) mass is 269 g/mol. The van der Waals surface area contributed by atoms with Gasteiger partial charge in [-0.15, -0.1) is 0 Å². The first kappa shape index (κ1) is 16.9. The van der Waals surface area contributed by atoms with E-state index in [0.29, 0.717) is 18.6 Å². The number of H-pyrrole nitrogens is 1. The molecular weight excluding hydrogens is 252 g/mol. The molecule has 4 nitrogen and oxygen atoms in total. The number of aromatic nitrogens is 3. The molecular formula is C13H17F2N3O. The number of carbonyl (C=O) groups excluding carboxylic acids is 1. The molecule has 2 rings (SSSR count). The molecule has 0 saturated heterocycles. The van der Waals surface area contributed by atoms with Gasteiger partial charge >= 0.3 is 0 Å². The predicted molar refractivity (Wildman–Crippen MR) is 68.3 cm³/mol. The van der Waals surface area contributed by atoms with Crippen LogP contribution in [-0.4, -0.2) is 21.0 Å². The summed E-state index contributed by atoms with van der Waals surface area (Å²) >= 11 is 0. The Kier molecular flexibility index (Phi) is 9.79. The highest BCUT2D eigenvalue weighted by atomic mass is 19.1. The van der Waals surface area contributed by atoms with Gasteiger partial charge in [0.25, 0.3) is 0 Å². The van der Waals surface area contributed by atoms with Gasteiger partial charge in [0.2, 0.25) is 0 Å². The molecule has 0 amide bonds. The second-order valence-corrected chi connectivity index (χ2v) is 3.34. The van der Waals surface area contributed by atoms with Crippen molar-refractivity contribution < 1.29 is 13.6 Å². The highest BCUT2D eigenvalue weighted by Gasteiger charge is 1.88. The third kappa shape index (κ3) is 10.7. The van der Waals surface area contributed by atoms with E-state index in [-0.39, 0.29) is 0 Å². The number of benzene rings is 1. The average molecular weight is 269 g/mol. The summed E-state index contributed by atoms with van der Waals surface area (Å²) in [6.07, 6.45) is 4.34. The zero-order chi connectivity index (χ0) is 14.5. The Morgan fingerprint density at radius 3 is 1.95 bits per heavy atom. The van der Waals surface area contributed by atoms with Gasteiger partial charge in [0.1, 0.15) is 30.1 Å². The summed E-state index contributed by atoms with van der Waals surface area (Å²) in [5.74, 6) is -0.731. The standard InChI is InChI=1S/C6H4F2.C5H10O.C2H3N3/c7-5-2-1-3-6(8)4-5;1-3-5(6)4-2;1-3-2-5-4-1/h1-4H;3-4H2,1-2H3;1-2H,(H,3,4,5). The molecule has 1 aromatic heterocycles. The van der Waals surface area contributed by atoms with E-state index in [2.05, 4.69) is 15.2 Å². The molecule has 0 spiro atoms. The number of rotatable bonds is 2. The van der Waals surface area contributed by atoms with Crippen molar-refractivity contribution in [1.82, 2.24) is 15.2 Å². The molecule has 0 atom stereocenters. The van der Waals surface area contributed by atoms with Crippen molar-refractivity contribution in [3.8, 4) is 0 Å². The van der Waals surface area contributed by atoms with E-state index in [9.17, 15) is 13.6 Å². The fraction of sp³-hybridized carbons (Fsp3) is 0.308. The van der Waals surface area contributed by atoms with Gasteiger partial charge in [0.05, 0.1) is 0 Å². The van der Waals surface area contributed by atoms with Crippen molar-refractivity contribution in [2.24, 2.45) is 0 Å². The second-order valence-electron chi connectivity index (χ2n) is 3.34. The normalized spacial score (nSPS) is 8.63. The minimum atomic E-state index is -0.537. The summed E-state index contributed by atoms with van der Waals surface area (Å²) in [7, 11) is 0. The van der Waals surface area contributed by atoms with Crippen LogP contribution in [0, 0.1) is 11.6 Å². The molecule has 19 heavy (non-hydrogen) atoms. The topological polar surface area (TPSA) is 58.6 Å². The Labute approximate surface area is 110 Å². The lowest BCUT2D eigenvalue weighted by Gasteiger charge is -1.84. The van der Waals surface area contributed by atoms with E-state index in [1.165, 1.54) is 30.9 Å². The molecule has 0 unspecified atom stereocenters. The van der Waals surface area contributed by atoms with Crippen molar-refractivity contribution >= 4 is 5.78 Å². The van der Waals surface area contributed by atoms with Crippen LogP contribution in [0.1, 0.15) is 26.7 Å². The van der Waals surface area contributed by atoms with Crippen LogP contribution in [0.15, 0.2) is 36.9 Å². The summed E-state index contributed by atoms with van der Waals surface area (Å²) in [4.78, 5) is 13.7. The van der Waals surface area contributed by atoms with Gasteiger partial charge in [-0.2, -0.15) is 5.10 Å². The summed E-state index contributed by atoms with van der Waals surface area (Å²) in [5, 5.41) is 5.99. The summed E-state index contributed by atoms with van der Waals surface area (Å²) < 4.78 is 23.9. The molecule has 0 saturated carbocycles. The van der Waals surface area contributed by atoms with Crippen LogP contribution in [0.25, 0.3) is 0 Å². The zero-order valence-corrected chi connectivity index (χ0v) is 10.9. The van der Waals surface area contributed by atoms with Gasteiger partial charge in [-0.1, -0.05) is 19.9 Å². The molecule has 1 heterocycles. The SMILES string of the molecule is CCC(=O)CC.Fc1cccc(F)c1.c1nc[nH]n1. The summed E-state index contributed by atoms with van der Waals surface area (Å²) in [6, 6.07) is 4.55. The van der Waals surface area contributed by atoms with Gasteiger partial charge < -0.3 is 0 Å².